The van der Waals surface area contributed by atoms with Crippen LogP contribution in [0.25, 0.3) is 0 Å². The van der Waals surface area contributed by atoms with Crippen LogP contribution in [0.4, 0.5) is 0 Å². The monoisotopic (exact) mass is 214 g/mol. The average Bonchev–Trinajstić information content (AvgIpc) is 2.19. The Morgan fingerprint density at radius 1 is 0.933 bits per heavy atom. The first-order valence-corrected chi connectivity index (χ1v) is 5.46. The van der Waals surface area contributed by atoms with Gasteiger partial charge in [-0.05, 0) is 0 Å². The predicted molar refractivity (Wildman–Crippen MR) is 61.0 cm³/mol. The summed E-state index contributed by atoms with van der Waals surface area (Å²) in [7, 11) is 0. The van der Waals surface area contributed by atoms with Gasteiger partial charge in [-0.15, -0.1) is 0 Å². The molecule has 0 heterocycles. The lowest BCUT2D eigenvalue weighted by Crippen LogP contribution is -2.24. The second-order valence-corrected chi connectivity index (χ2v) is 3.18. The van der Waals surface area contributed by atoms with Gasteiger partial charge in [0, 0.05) is 12.8 Å². The van der Waals surface area contributed by atoms with Gasteiger partial charge >= 0.3 is 0 Å². The molecule has 0 aromatic heterocycles. The summed E-state index contributed by atoms with van der Waals surface area (Å²) >= 11 is 0. The standard InChI is InChI=1S/C12H22O3/c1-5-9-11(13-7-3)15-12(10-6-2)14-8-4/h7-8,11-12H,3-6,9-10H2,1-2H3. The van der Waals surface area contributed by atoms with Gasteiger partial charge in [-0.2, -0.15) is 0 Å². The Morgan fingerprint density at radius 3 is 1.60 bits per heavy atom. The van der Waals surface area contributed by atoms with Gasteiger partial charge in [0.25, 0.3) is 0 Å². The van der Waals surface area contributed by atoms with E-state index in [1.165, 1.54) is 12.5 Å². The quantitative estimate of drug-likeness (QED) is 0.411. The maximum absolute atomic E-state index is 5.63. The zero-order chi connectivity index (χ0) is 11.5. The third kappa shape index (κ3) is 7.03. The Labute approximate surface area is 92.7 Å². The normalized spacial score (nSPS) is 14.0. The van der Waals surface area contributed by atoms with Gasteiger partial charge in [0.05, 0.1) is 12.5 Å². The molecular formula is C12H22O3. The number of ether oxygens (including phenoxy) is 3. The van der Waals surface area contributed by atoms with Crippen LogP contribution >= 0.6 is 0 Å². The third-order valence-electron chi connectivity index (χ3n) is 1.85. The van der Waals surface area contributed by atoms with E-state index >= 15 is 0 Å². The molecule has 0 saturated carbocycles. The molecule has 0 amide bonds. The smallest absolute Gasteiger partial charge is 0.202 e. The molecule has 88 valence electrons. The van der Waals surface area contributed by atoms with E-state index in [-0.39, 0.29) is 12.6 Å². The Bertz CT molecular complexity index is 150. The number of rotatable bonds is 10. The molecule has 2 unspecified atom stereocenters. The van der Waals surface area contributed by atoms with Gasteiger partial charge in [0.1, 0.15) is 0 Å². The van der Waals surface area contributed by atoms with Crippen LogP contribution in [0.5, 0.6) is 0 Å². The molecule has 0 aliphatic rings. The maximum Gasteiger partial charge on any atom is 0.202 e. The van der Waals surface area contributed by atoms with Crippen molar-refractivity contribution in [3.05, 3.63) is 25.7 Å². The van der Waals surface area contributed by atoms with Gasteiger partial charge in [-0.3, -0.25) is 0 Å². The van der Waals surface area contributed by atoms with E-state index in [2.05, 4.69) is 27.0 Å². The van der Waals surface area contributed by atoms with Crippen LogP contribution in [-0.4, -0.2) is 12.6 Å². The minimum Gasteiger partial charge on any atom is -0.473 e. The molecule has 0 aliphatic carbocycles. The summed E-state index contributed by atoms with van der Waals surface area (Å²) in [6.07, 6.45) is 5.89. The van der Waals surface area contributed by atoms with Crippen molar-refractivity contribution in [2.24, 2.45) is 0 Å². The summed E-state index contributed by atoms with van der Waals surface area (Å²) in [6, 6.07) is 0. The molecule has 15 heavy (non-hydrogen) atoms. The summed E-state index contributed by atoms with van der Waals surface area (Å²) < 4.78 is 16.1. The number of hydrogen-bond acceptors (Lipinski definition) is 3. The van der Waals surface area contributed by atoms with Gasteiger partial charge in [-0.1, -0.05) is 39.8 Å². The zero-order valence-electron chi connectivity index (χ0n) is 9.78. The van der Waals surface area contributed by atoms with E-state index in [1.54, 1.807) is 0 Å². The first kappa shape index (κ1) is 14.0. The van der Waals surface area contributed by atoms with Crippen molar-refractivity contribution in [2.75, 3.05) is 0 Å². The molecule has 0 aromatic carbocycles. The van der Waals surface area contributed by atoms with Crippen molar-refractivity contribution in [1.82, 2.24) is 0 Å². The fourth-order valence-electron chi connectivity index (χ4n) is 1.19. The second kappa shape index (κ2) is 9.59. The molecule has 0 aromatic rings. The molecule has 0 aliphatic heterocycles. The summed E-state index contributed by atoms with van der Waals surface area (Å²) in [4.78, 5) is 0. The molecule has 3 nitrogen and oxygen atoms in total. The summed E-state index contributed by atoms with van der Waals surface area (Å²) in [6.45, 7) is 11.2. The zero-order valence-corrected chi connectivity index (χ0v) is 9.78. The van der Waals surface area contributed by atoms with E-state index in [0.717, 1.165) is 25.7 Å². The van der Waals surface area contributed by atoms with Crippen LogP contribution in [0, 0.1) is 0 Å². The van der Waals surface area contributed by atoms with Gasteiger partial charge in [0.15, 0.2) is 0 Å². The highest BCUT2D eigenvalue weighted by Gasteiger charge is 2.15. The largest absolute Gasteiger partial charge is 0.473 e. The highest BCUT2D eigenvalue weighted by molar-refractivity contribution is 4.58. The molecule has 0 fully saturated rings. The predicted octanol–water partition coefficient (Wildman–Crippen LogP) is 3.58. The van der Waals surface area contributed by atoms with Crippen LogP contribution < -0.4 is 0 Å². The van der Waals surface area contributed by atoms with Gasteiger partial charge < -0.3 is 14.2 Å². The first-order valence-electron chi connectivity index (χ1n) is 5.46. The van der Waals surface area contributed by atoms with Crippen molar-refractivity contribution < 1.29 is 14.2 Å². The molecule has 0 bridgehead atoms. The molecule has 0 N–H and O–H groups in total. The lowest BCUT2D eigenvalue weighted by Gasteiger charge is -2.23. The summed E-state index contributed by atoms with van der Waals surface area (Å²) in [5, 5.41) is 0. The Kier molecular flexibility index (Phi) is 8.98. The van der Waals surface area contributed by atoms with E-state index in [1.807, 2.05) is 0 Å². The molecule has 0 rings (SSSR count). The molecule has 2 atom stereocenters. The van der Waals surface area contributed by atoms with Crippen molar-refractivity contribution in [2.45, 2.75) is 52.1 Å². The van der Waals surface area contributed by atoms with E-state index in [0.29, 0.717) is 0 Å². The van der Waals surface area contributed by atoms with E-state index in [9.17, 15) is 0 Å². The van der Waals surface area contributed by atoms with Crippen molar-refractivity contribution >= 4 is 0 Å². The molecule has 0 saturated heterocycles. The lowest BCUT2D eigenvalue weighted by atomic mass is 10.3. The SMILES string of the molecule is C=COC(CCC)OC(CCC)OC=C. The molecular weight excluding hydrogens is 192 g/mol. The maximum atomic E-state index is 5.63. The minimum absolute atomic E-state index is 0.274. The van der Waals surface area contributed by atoms with Crippen LogP contribution in [0.3, 0.4) is 0 Å². The van der Waals surface area contributed by atoms with Crippen molar-refractivity contribution in [1.29, 1.82) is 0 Å². The highest BCUT2D eigenvalue weighted by Crippen LogP contribution is 2.12. The van der Waals surface area contributed by atoms with Crippen LogP contribution in [0.1, 0.15) is 39.5 Å². The van der Waals surface area contributed by atoms with Crippen LogP contribution in [0.2, 0.25) is 0 Å². The van der Waals surface area contributed by atoms with Crippen LogP contribution in [0.15, 0.2) is 25.7 Å². The second-order valence-electron chi connectivity index (χ2n) is 3.18. The minimum atomic E-state index is -0.274. The Balaban J connectivity index is 4.04. The van der Waals surface area contributed by atoms with Crippen molar-refractivity contribution in [3.63, 3.8) is 0 Å². The molecule has 0 radical (unpaired) electrons. The fraction of sp³-hybridized carbons (Fsp3) is 0.667. The highest BCUT2D eigenvalue weighted by atomic mass is 16.8. The fourth-order valence-corrected chi connectivity index (χ4v) is 1.19. The van der Waals surface area contributed by atoms with E-state index < -0.39 is 0 Å². The van der Waals surface area contributed by atoms with E-state index in [4.69, 9.17) is 14.2 Å². The molecule has 0 spiro atoms. The van der Waals surface area contributed by atoms with Crippen molar-refractivity contribution in [3.8, 4) is 0 Å². The Hall–Kier alpha value is -0.960. The first-order chi connectivity index (χ1) is 7.28. The average molecular weight is 214 g/mol. The topological polar surface area (TPSA) is 27.7 Å². The molecule has 3 heteroatoms. The third-order valence-corrected chi connectivity index (χ3v) is 1.85. The van der Waals surface area contributed by atoms with Gasteiger partial charge in [-0.25, -0.2) is 0 Å². The summed E-state index contributed by atoms with van der Waals surface area (Å²) in [5.41, 5.74) is 0. The van der Waals surface area contributed by atoms with Crippen LogP contribution in [-0.2, 0) is 14.2 Å². The summed E-state index contributed by atoms with van der Waals surface area (Å²) in [5.74, 6) is 0. The lowest BCUT2D eigenvalue weighted by molar-refractivity contribution is -0.216. The number of hydrogen-bond donors (Lipinski definition) is 0. The Morgan fingerprint density at radius 2 is 1.33 bits per heavy atom. The van der Waals surface area contributed by atoms with Gasteiger partial charge in [0.2, 0.25) is 12.6 Å².